The third-order valence-corrected chi connectivity index (χ3v) is 5.17. The highest BCUT2D eigenvalue weighted by Gasteiger charge is 2.24. The number of nitrogens with two attached hydrogens (primary N) is 1. The molecule has 2 atom stereocenters. The fourth-order valence-electron chi connectivity index (χ4n) is 2.91. The zero-order chi connectivity index (χ0) is 15.6. The van der Waals surface area contributed by atoms with Crippen LogP contribution in [0.25, 0.3) is 0 Å². The number of carbonyl (C=O) groups excluding carboxylic acids is 1. The second-order valence-corrected chi connectivity index (χ2v) is 7.41. The Hall–Kier alpha value is -1.23. The van der Waals surface area contributed by atoms with Crippen molar-refractivity contribution in [2.45, 2.75) is 53.1 Å². The van der Waals surface area contributed by atoms with Crippen molar-refractivity contribution in [1.29, 1.82) is 0 Å². The molecule has 0 bridgehead atoms. The summed E-state index contributed by atoms with van der Waals surface area (Å²) in [7, 11) is 0. The molecule has 1 heterocycles. The Morgan fingerprint density at radius 1 is 1.48 bits per heavy atom. The number of Topliss-reactive ketones (excluding diaryl/α,β-unsaturated/α-hetero) is 1. The van der Waals surface area contributed by atoms with E-state index in [9.17, 15) is 4.79 Å². The van der Waals surface area contributed by atoms with Gasteiger partial charge in [0.15, 0.2) is 11.5 Å². The van der Waals surface area contributed by atoms with Crippen molar-refractivity contribution in [1.82, 2.24) is 0 Å². The number of carbonyl (C=O) groups is 1. The summed E-state index contributed by atoms with van der Waals surface area (Å²) >= 11 is 1.41. The maximum absolute atomic E-state index is 11.7. The Kier molecular flexibility index (Phi) is 5.14. The largest absolute Gasteiger partial charge is 0.486 e. The number of nitrogens with one attached hydrogen (secondary N) is 1. The van der Waals surface area contributed by atoms with Crippen molar-refractivity contribution in [3.8, 4) is 5.75 Å². The zero-order valence-electron chi connectivity index (χ0n) is 13.4. The van der Waals surface area contributed by atoms with Crippen molar-refractivity contribution in [2.24, 2.45) is 11.8 Å². The summed E-state index contributed by atoms with van der Waals surface area (Å²) in [6.45, 7) is 8.71. The summed E-state index contributed by atoms with van der Waals surface area (Å²) in [5.41, 5.74) is 6.56. The van der Waals surface area contributed by atoms with Crippen LogP contribution >= 0.6 is 11.3 Å². The smallest absolute Gasteiger partial charge is 0.177 e. The van der Waals surface area contributed by atoms with Gasteiger partial charge in [-0.1, -0.05) is 13.3 Å². The Morgan fingerprint density at radius 3 is 2.71 bits per heavy atom. The molecular formula is C16H26N2O2S. The minimum absolute atomic E-state index is 0.00588. The first-order valence-electron chi connectivity index (χ1n) is 7.72. The highest BCUT2D eigenvalue weighted by atomic mass is 32.1. The fourth-order valence-corrected chi connectivity index (χ4v) is 3.86. The third-order valence-electron chi connectivity index (χ3n) is 3.93. The van der Waals surface area contributed by atoms with E-state index in [-0.39, 0.29) is 11.9 Å². The van der Waals surface area contributed by atoms with Crippen molar-refractivity contribution in [2.75, 3.05) is 17.6 Å². The molecule has 21 heavy (non-hydrogen) atoms. The summed E-state index contributed by atoms with van der Waals surface area (Å²) in [6, 6.07) is 0. The molecule has 0 aromatic carbocycles. The van der Waals surface area contributed by atoms with Crippen molar-refractivity contribution in [3.05, 3.63) is 4.88 Å². The van der Waals surface area contributed by atoms with Crippen molar-refractivity contribution in [3.63, 3.8) is 0 Å². The van der Waals surface area contributed by atoms with Gasteiger partial charge in [0.1, 0.15) is 5.00 Å². The lowest BCUT2D eigenvalue weighted by Crippen LogP contribution is -2.13. The zero-order valence-corrected chi connectivity index (χ0v) is 14.2. The van der Waals surface area contributed by atoms with Crippen LogP contribution in [-0.4, -0.2) is 18.4 Å². The quantitative estimate of drug-likeness (QED) is 0.774. The molecule has 1 aliphatic carbocycles. The number of hydrogen-bond donors (Lipinski definition) is 2. The Bertz CT molecular complexity index is 511. The Labute approximate surface area is 131 Å². The molecule has 2 rings (SSSR count). The van der Waals surface area contributed by atoms with Crippen LogP contribution in [-0.2, 0) is 0 Å². The standard InChI is InChI=1S/C16H26N2O2S/c1-9(2)20-14-13(17)15(11(4)19)21-16(14)18-8-12-6-5-10(3)7-12/h9-10,12,18H,5-8,17H2,1-4H3. The van der Waals surface area contributed by atoms with Crippen LogP contribution in [0.5, 0.6) is 5.75 Å². The van der Waals surface area contributed by atoms with Gasteiger partial charge in [0.2, 0.25) is 0 Å². The van der Waals surface area contributed by atoms with Gasteiger partial charge < -0.3 is 15.8 Å². The Morgan fingerprint density at radius 2 is 2.19 bits per heavy atom. The number of nitrogen functional groups attached to an aromatic ring is 1. The normalized spacial score (nSPS) is 21.8. The van der Waals surface area contributed by atoms with Crippen LogP contribution in [0, 0.1) is 11.8 Å². The molecular weight excluding hydrogens is 284 g/mol. The first-order chi connectivity index (χ1) is 9.88. The van der Waals surface area contributed by atoms with Crippen LogP contribution < -0.4 is 15.8 Å². The van der Waals surface area contributed by atoms with Crippen LogP contribution in [0.3, 0.4) is 0 Å². The number of ether oxygens (including phenoxy) is 1. The van der Waals surface area contributed by atoms with E-state index in [1.165, 1.54) is 30.6 Å². The highest BCUT2D eigenvalue weighted by molar-refractivity contribution is 7.19. The summed E-state index contributed by atoms with van der Waals surface area (Å²) < 4.78 is 5.81. The average Bonchev–Trinajstić information content (AvgIpc) is 2.93. The molecule has 5 heteroatoms. The molecule has 4 nitrogen and oxygen atoms in total. The van der Waals surface area contributed by atoms with E-state index >= 15 is 0 Å². The van der Waals surface area contributed by atoms with E-state index < -0.39 is 0 Å². The summed E-state index contributed by atoms with van der Waals surface area (Å²) in [6.07, 6.45) is 3.89. The van der Waals surface area contributed by atoms with Gasteiger partial charge in [0.05, 0.1) is 16.7 Å². The van der Waals surface area contributed by atoms with Gasteiger partial charge in [-0.05, 0) is 38.5 Å². The van der Waals surface area contributed by atoms with E-state index in [0.29, 0.717) is 22.2 Å². The molecule has 1 aliphatic rings. The predicted molar refractivity (Wildman–Crippen MR) is 89.5 cm³/mol. The van der Waals surface area contributed by atoms with Gasteiger partial charge in [-0.3, -0.25) is 4.79 Å². The first kappa shape index (κ1) is 16.1. The second-order valence-electron chi connectivity index (χ2n) is 6.39. The molecule has 0 spiro atoms. The van der Waals surface area contributed by atoms with Crippen molar-refractivity contribution >= 4 is 27.8 Å². The maximum Gasteiger partial charge on any atom is 0.177 e. The predicted octanol–water partition coefficient (Wildman–Crippen LogP) is 4.17. The first-order valence-corrected chi connectivity index (χ1v) is 8.53. The minimum Gasteiger partial charge on any atom is -0.486 e. The molecule has 0 saturated heterocycles. The van der Waals surface area contributed by atoms with Gasteiger partial charge in [-0.2, -0.15) is 0 Å². The number of anilines is 2. The highest BCUT2D eigenvalue weighted by Crippen LogP contribution is 2.44. The second kappa shape index (κ2) is 6.69. The number of thiophene rings is 1. The van der Waals surface area contributed by atoms with E-state index in [1.54, 1.807) is 6.92 Å². The van der Waals surface area contributed by atoms with Crippen LogP contribution in [0.2, 0.25) is 0 Å². The fraction of sp³-hybridized carbons (Fsp3) is 0.688. The summed E-state index contributed by atoms with van der Waals surface area (Å²) in [5.74, 6) is 2.17. The summed E-state index contributed by atoms with van der Waals surface area (Å²) in [5, 5.41) is 4.35. The van der Waals surface area contributed by atoms with E-state index in [0.717, 1.165) is 17.5 Å². The topological polar surface area (TPSA) is 64.3 Å². The van der Waals surface area contributed by atoms with E-state index in [1.807, 2.05) is 13.8 Å². The SMILES string of the molecule is CC(=O)c1sc(NCC2CCC(C)C2)c(OC(C)C)c1N. The lowest BCUT2D eigenvalue weighted by Gasteiger charge is -2.15. The number of rotatable bonds is 6. The van der Waals surface area contributed by atoms with Crippen molar-refractivity contribution < 1.29 is 9.53 Å². The van der Waals surface area contributed by atoms with Crippen LogP contribution in [0.4, 0.5) is 10.7 Å². The molecule has 0 amide bonds. The number of ketones is 1. The molecule has 3 N–H and O–H groups in total. The molecule has 1 fully saturated rings. The Balaban J connectivity index is 2.12. The monoisotopic (exact) mass is 310 g/mol. The third kappa shape index (κ3) is 3.90. The van der Waals surface area contributed by atoms with E-state index in [2.05, 4.69) is 12.2 Å². The molecule has 2 unspecified atom stereocenters. The average molecular weight is 310 g/mol. The van der Waals surface area contributed by atoms with E-state index in [4.69, 9.17) is 10.5 Å². The molecule has 0 aliphatic heterocycles. The molecule has 1 aromatic rings. The van der Waals surface area contributed by atoms with Gasteiger partial charge in [-0.25, -0.2) is 0 Å². The molecule has 118 valence electrons. The molecule has 0 radical (unpaired) electrons. The van der Waals surface area contributed by atoms with Crippen LogP contribution in [0.15, 0.2) is 0 Å². The molecule has 1 aromatic heterocycles. The summed E-state index contributed by atoms with van der Waals surface area (Å²) in [4.78, 5) is 12.3. The lowest BCUT2D eigenvalue weighted by molar-refractivity contribution is 0.102. The van der Waals surface area contributed by atoms with Gasteiger partial charge in [0, 0.05) is 13.5 Å². The maximum atomic E-state index is 11.7. The van der Waals surface area contributed by atoms with Gasteiger partial charge >= 0.3 is 0 Å². The minimum atomic E-state index is -0.00588. The lowest BCUT2D eigenvalue weighted by atomic mass is 10.1. The molecule has 1 saturated carbocycles. The van der Waals surface area contributed by atoms with Gasteiger partial charge in [-0.15, -0.1) is 11.3 Å². The van der Waals surface area contributed by atoms with Crippen LogP contribution in [0.1, 0.15) is 56.6 Å². The van der Waals surface area contributed by atoms with Gasteiger partial charge in [0.25, 0.3) is 0 Å². The number of hydrogen-bond acceptors (Lipinski definition) is 5.